The minimum absolute atomic E-state index is 0.0891. The number of thiocarbonyl (C=S) groups is 1. The van der Waals surface area contributed by atoms with Crippen LogP contribution in [-0.2, 0) is 0 Å². The molecule has 4 heterocycles. The van der Waals surface area contributed by atoms with Crippen molar-refractivity contribution >= 4 is 40.3 Å². The first-order chi connectivity index (χ1) is 18.9. The number of hydrogen-bond acceptors (Lipinski definition) is 3. The maximum absolute atomic E-state index is 6.96. The number of nitrogens with one attached hydrogen (secondary N) is 1. The van der Waals surface area contributed by atoms with Crippen molar-refractivity contribution in [1.29, 1.82) is 0 Å². The van der Waals surface area contributed by atoms with Crippen LogP contribution in [0.25, 0.3) is 5.69 Å². The van der Waals surface area contributed by atoms with Crippen molar-refractivity contribution in [2.75, 3.05) is 22.9 Å². The van der Waals surface area contributed by atoms with E-state index in [1.165, 1.54) is 29.8 Å². The van der Waals surface area contributed by atoms with Gasteiger partial charge in [-0.05, 0) is 98.9 Å². The second-order valence-corrected chi connectivity index (χ2v) is 11.6. The smallest absolute Gasteiger partial charge is 0.174 e. The molecule has 5 nitrogen and oxygen atoms in total. The number of hydrogen-bond donors (Lipinski definition) is 1. The molecule has 6 rings (SSSR count). The zero-order valence-corrected chi connectivity index (χ0v) is 24.2. The fourth-order valence-corrected chi connectivity index (χ4v) is 6.80. The van der Waals surface area contributed by atoms with E-state index < -0.39 is 0 Å². The molecule has 0 radical (unpaired) electrons. The first-order valence-corrected chi connectivity index (χ1v) is 14.5. The van der Waals surface area contributed by atoms with E-state index in [2.05, 4.69) is 101 Å². The number of para-hydroxylation sites is 1. The van der Waals surface area contributed by atoms with Crippen LogP contribution >= 0.6 is 23.8 Å². The van der Waals surface area contributed by atoms with Gasteiger partial charge in [-0.25, -0.2) is 0 Å². The number of aryl methyl sites for hydroxylation is 1. The Balaban J connectivity index is 1.43. The van der Waals surface area contributed by atoms with Crippen LogP contribution in [-0.4, -0.2) is 27.8 Å². The first kappa shape index (κ1) is 25.9. The van der Waals surface area contributed by atoms with Crippen LogP contribution in [0.4, 0.5) is 11.4 Å². The topological polar surface area (TPSA) is 36.3 Å². The van der Waals surface area contributed by atoms with Gasteiger partial charge in [0.2, 0.25) is 0 Å². The maximum Gasteiger partial charge on any atom is 0.174 e. The Morgan fingerprint density at radius 2 is 1.67 bits per heavy atom. The molecule has 2 aliphatic heterocycles. The minimum atomic E-state index is -0.106. The SMILES string of the molecule is Cc1cc([C@H]2[C@H](c3ccccn3)NC(=S)N2c2ccc(N3CCC(C)CC3)c(Cl)c2)c(C)n1-c1ccccc1. The summed E-state index contributed by atoms with van der Waals surface area (Å²) in [6, 6.07) is 25.1. The maximum atomic E-state index is 6.96. The normalized spacial score (nSPS) is 19.9. The van der Waals surface area contributed by atoms with E-state index in [-0.39, 0.29) is 12.1 Å². The Hall–Kier alpha value is -3.35. The lowest BCUT2D eigenvalue weighted by Crippen LogP contribution is -2.33. The molecule has 2 aromatic carbocycles. The quantitative estimate of drug-likeness (QED) is 0.257. The zero-order chi connectivity index (χ0) is 27.1. The number of anilines is 2. The Bertz CT molecular complexity index is 1480. The van der Waals surface area contributed by atoms with Crippen LogP contribution in [0.5, 0.6) is 0 Å². The highest BCUT2D eigenvalue weighted by Gasteiger charge is 2.42. The molecule has 0 spiro atoms. The van der Waals surface area contributed by atoms with Crippen LogP contribution in [0.3, 0.4) is 0 Å². The minimum Gasteiger partial charge on any atom is -0.370 e. The molecule has 4 aromatic rings. The van der Waals surface area contributed by atoms with Crippen LogP contribution in [0.2, 0.25) is 5.02 Å². The standard InChI is InChI=1S/C32H34ClN5S/c1-21-14-17-36(18-15-21)29-13-12-25(20-27(29)33)38-31(30(35-32(38)39)28-11-7-8-16-34-28)26-19-22(2)37(23(26)3)24-9-5-4-6-10-24/h4-13,16,19-21,30-31H,14-15,17-18H2,1-3H3,(H,35,39)/t30-,31-/m0/s1. The van der Waals surface area contributed by atoms with Gasteiger partial charge in [0, 0.05) is 42.0 Å². The lowest BCUT2D eigenvalue weighted by molar-refractivity contribution is 0.438. The number of piperidine rings is 1. The summed E-state index contributed by atoms with van der Waals surface area (Å²) in [7, 11) is 0. The Kier molecular flexibility index (Phi) is 7.08. The van der Waals surface area contributed by atoms with E-state index in [0.29, 0.717) is 5.11 Å². The van der Waals surface area contributed by atoms with Crippen molar-refractivity contribution in [3.8, 4) is 5.69 Å². The average molecular weight is 556 g/mol. The van der Waals surface area contributed by atoms with E-state index in [9.17, 15) is 0 Å². The summed E-state index contributed by atoms with van der Waals surface area (Å²) in [5, 5.41) is 5.04. The van der Waals surface area contributed by atoms with Gasteiger partial charge in [-0.1, -0.05) is 42.8 Å². The van der Waals surface area contributed by atoms with Crippen molar-refractivity contribution in [3.63, 3.8) is 0 Å². The molecule has 2 saturated heterocycles. The van der Waals surface area contributed by atoms with Gasteiger partial charge < -0.3 is 19.7 Å². The van der Waals surface area contributed by atoms with Crippen molar-refractivity contribution in [1.82, 2.24) is 14.9 Å². The lowest BCUT2D eigenvalue weighted by Gasteiger charge is -2.33. The second kappa shape index (κ2) is 10.7. The number of pyridine rings is 1. The summed E-state index contributed by atoms with van der Waals surface area (Å²) in [5.41, 5.74) is 7.78. The Morgan fingerprint density at radius 3 is 2.36 bits per heavy atom. The molecule has 0 bridgehead atoms. The van der Waals surface area contributed by atoms with Crippen molar-refractivity contribution in [3.05, 3.63) is 107 Å². The fourth-order valence-electron chi connectivity index (χ4n) is 6.16. The third-order valence-corrected chi connectivity index (χ3v) is 8.85. The largest absolute Gasteiger partial charge is 0.370 e. The summed E-state index contributed by atoms with van der Waals surface area (Å²) < 4.78 is 2.32. The number of halogens is 1. The molecule has 0 saturated carbocycles. The van der Waals surface area contributed by atoms with Crippen LogP contribution in [0.1, 0.15) is 54.5 Å². The van der Waals surface area contributed by atoms with E-state index in [1.54, 1.807) is 0 Å². The summed E-state index contributed by atoms with van der Waals surface area (Å²) in [5.74, 6) is 0.770. The summed E-state index contributed by atoms with van der Waals surface area (Å²) in [6.45, 7) is 8.77. The highest BCUT2D eigenvalue weighted by molar-refractivity contribution is 7.80. The van der Waals surface area contributed by atoms with Gasteiger partial charge in [0.1, 0.15) is 0 Å². The third kappa shape index (κ3) is 4.81. The molecule has 0 aliphatic carbocycles. The van der Waals surface area contributed by atoms with E-state index in [4.69, 9.17) is 28.8 Å². The molecular weight excluding hydrogens is 522 g/mol. The molecule has 0 amide bonds. The highest BCUT2D eigenvalue weighted by atomic mass is 35.5. The Labute approximate surface area is 241 Å². The van der Waals surface area contributed by atoms with Crippen molar-refractivity contribution < 1.29 is 0 Å². The van der Waals surface area contributed by atoms with Crippen LogP contribution in [0, 0.1) is 19.8 Å². The second-order valence-electron chi connectivity index (χ2n) is 10.8. The zero-order valence-electron chi connectivity index (χ0n) is 22.6. The van der Waals surface area contributed by atoms with Gasteiger partial charge in [0.15, 0.2) is 5.11 Å². The van der Waals surface area contributed by atoms with Gasteiger partial charge in [0.05, 0.1) is 28.5 Å². The summed E-state index contributed by atoms with van der Waals surface area (Å²) in [4.78, 5) is 9.36. The van der Waals surface area contributed by atoms with Gasteiger partial charge in [-0.2, -0.15) is 0 Å². The van der Waals surface area contributed by atoms with Crippen molar-refractivity contribution in [2.45, 2.75) is 45.7 Å². The molecule has 2 atom stereocenters. The first-order valence-electron chi connectivity index (χ1n) is 13.7. The van der Waals surface area contributed by atoms with Crippen LogP contribution < -0.4 is 15.1 Å². The summed E-state index contributed by atoms with van der Waals surface area (Å²) >= 11 is 13.0. The van der Waals surface area contributed by atoms with E-state index in [1.807, 2.05) is 18.3 Å². The molecule has 2 aromatic heterocycles. The third-order valence-electron chi connectivity index (χ3n) is 8.24. The van der Waals surface area contributed by atoms with Gasteiger partial charge >= 0.3 is 0 Å². The molecule has 7 heteroatoms. The molecular formula is C32H34ClN5S. The number of aromatic nitrogens is 2. The molecule has 2 fully saturated rings. The van der Waals surface area contributed by atoms with Crippen LogP contribution in [0.15, 0.2) is 79.0 Å². The lowest BCUT2D eigenvalue weighted by atomic mass is 9.96. The number of rotatable bonds is 5. The number of benzene rings is 2. The molecule has 2 aliphatic rings. The molecule has 200 valence electrons. The average Bonchev–Trinajstić information content (AvgIpc) is 3.45. The number of nitrogens with zero attached hydrogens (tertiary/aromatic N) is 4. The molecule has 1 N–H and O–H groups in total. The highest BCUT2D eigenvalue weighted by Crippen LogP contribution is 2.45. The molecule has 0 unspecified atom stereocenters. The van der Waals surface area contributed by atoms with Crippen molar-refractivity contribution in [2.24, 2.45) is 5.92 Å². The Morgan fingerprint density at radius 1 is 0.923 bits per heavy atom. The van der Waals surface area contributed by atoms with Gasteiger partial charge in [0.25, 0.3) is 0 Å². The van der Waals surface area contributed by atoms with Gasteiger partial charge in [-0.3, -0.25) is 4.98 Å². The fraction of sp³-hybridized carbons (Fsp3) is 0.312. The summed E-state index contributed by atoms with van der Waals surface area (Å²) in [6.07, 6.45) is 4.24. The predicted molar refractivity (Wildman–Crippen MR) is 165 cm³/mol. The monoisotopic (exact) mass is 555 g/mol. The predicted octanol–water partition coefficient (Wildman–Crippen LogP) is 7.56. The van der Waals surface area contributed by atoms with Gasteiger partial charge in [-0.15, -0.1) is 0 Å². The van der Waals surface area contributed by atoms with E-state index >= 15 is 0 Å². The molecule has 39 heavy (non-hydrogen) atoms. The van der Waals surface area contributed by atoms with E-state index in [0.717, 1.165) is 46.8 Å².